The molecule has 110 valence electrons. The van der Waals surface area contributed by atoms with Crippen molar-refractivity contribution in [1.29, 1.82) is 0 Å². The lowest BCUT2D eigenvalue weighted by molar-refractivity contribution is 0.372. The largest absolute Gasteiger partial charge is 0.0739 e. The summed E-state index contributed by atoms with van der Waals surface area (Å²) in [7, 11) is 0. The van der Waals surface area contributed by atoms with Gasteiger partial charge >= 0.3 is 0 Å². The second-order valence-corrected chi connectivity index (χ2v) is 6.45. The first-order valence-corrected chi connectivity index (χ1v) is 8.52. The van der Waals surface area contributed by atoms with Crippen molar-refractivity contribution in [2.45, 2.75) is 52.4 Å². The highest BCUT2D eigenvalue weighted by molar-refractivity contribution is 5.97. The Kier molecular flexibility index (Phi) is 4.14. The van der Waals surface area contributed by atoms with Crippen LogP contribution < -0.4 is 0 Å². The van der Waals surface area contributed by atoms with Gasteiger partial charge in [-0.05, 0) is 41.2 Å². The predicted molar refractivity (Wildman–Crippen MR) is 93.0 cm³/mol. The second kappa shape index (κ2) is 6.05. The van der Waals surface area contributed by atoms with Crippen molar-refractivity contribution >= 4 is 11.6 Å². The highest BCUT2D eigenvalue weighted by atomic mass is 14.4. The zero-order valence-electron chi connectivity index (χ0n) is 13.4. The number of allylic oxidation sites excluding steroid dienone is 5. The second-order valence-electron chi connectivity index (χ2n) is 6.45. The minimum atomic E-state index is 0.273. The van der Waals surface area contributed by atoms with Crippen LogP contribution >= 0.6 is 0 Å². The summed E-state index contributed by atoms with van der Waals surface area (Å²) >= 11 is 0. The van der Waals surface area contributed by atoms with Crippen molar-refractivity contribution in [2.24, 2.45) is 5.41 Å². The average Bonchev–Trinajstić information content (AvgIpc) is 2.91. The first-order chi connectivity index (χ1) is 10.3. The van der Waals surface area contributed by atoms with E-state index in [1.165, 1.54) is 55.2 Å². The zero-order valence-corrected chi connectivity index (χ0v) is 13.4. The van der Waals surface area contributed by atoms with Crippen molar-refractivity contribution in [1.82, 2.24) is 0 Å². The van der Waals surface area contributed by atoms with Gasteiger partial charge in [-0.15, -0.1) is 0 Å². The van der Waals surface area contributed by atoms with Crippen molar-refractivity contribution < 1.29 is 0 Å². The molecule has 2 aliphatic rings. The molecule has 0 saturated heterocycles. The van der Waals surface area contributed by atoms with E-state index in [4.69, 9.17) is 0 Å². The van der Waals surface area contributed by atoms with Gasteiger partial charge in [0, 0.05) is 5.41 Å². The molecule has 0 radical (unpaired) electrons. The quantitative estimate of drug-likeness (QED) is 0.564. The fraction of sp³-hybridized carbons (Fsp3) is 0.429. The first kappa shape index (κ1) is 14.4. The van der Waals surface area contributed by atoms with Gasteiger partial charge in [0.05, 0.1) is 0 Å². The van der Waals surface area contributed by atoms with Crippen LogP contribution in [0.5, 0.6) is 0 Å². The van der Waals surface area contributed by atoms with Crippen molar-refractivity contribution in [3.05, 3.63) is 59.2 Å². The minimum absolute atomic E-state index is 0.273. The van der Waals surface area contributed by atoms with E-state index in [-0.39, 0.29) is 5.41 Å². The predicted octanol–water partition coefficient (Wildman–Crippen LogP) is 6.40. The molecule has 0 aliphatic heterocycles. The van der Waals surface area contributed by atoms with E-state index in [2.05, 4.69) is 62.4 Å². The summed E-state index contributed by atoms with van der Waals surface area (Å²) < 4.78 is 0. The minimum Gasteiger partial charge on any atom is -0.0739 e. The molecule has 3 rings (SSSR count). The summed E-state index contributed by atoms with van der Waals surface area (Å²) in [6.45, 7) is 4.60. The maximum atomic E-state index is 2.49. The number of benzene rings is 1. The smallest absolute Gasteiger partial charge is 0.0141 e. The van der Waals surface area contributed by atoms with Crippen LogP contribution in [0.4, 0.5) is 0 Å². The van der Waals surface area contributed by atoms with Gasteiger partial charge in [0.1, 0.15) is 0 Å². The molecule has 2 aliphatic carbocycles. The van der Waals surface area contributed by atoms with E-state index in [1.807, 2.05) is 0 Å². The Morgan fingerprint density at radius 1 is 0.952 bits per heavy atom. The van der Waals surface area contributed by atoms with Crippen LogP contribution in [0.1, 0.15) is 63.5 Å². The fourth-order valence-electron chi connectivity index (χ4n) is 3.80. The van der Waals surface area contributed by atoms with Crippen LogP contribution in [-0.4, -0.2) is 0 Å². The molecule has 0 amide bonds. The standard InChI is InChI=1S/C21H26/c1-3-5-13-21(14-6-4-2)15-9-12-19-18-11-8-7-10-17(18)16-20(19)21/h7-12,15-16H,3-6,13-14H2,1-2H3. The molecule has 0 unspecified atom stereocenters. The van der Waals surface area contributed by atoms with Crippen molar-refractivity contribution in [3.63, 3.8) is 0 Å². The van der Waals surface area contributed by atoms with E-state index < -0.39 is 0 Å². The lowest BCUT2D eigenvalue weighted by Gasteiger charge is -2.36. The lowest BCUT2D eigenvalue weighted by Crippen LogP contribution is -2.22. The number of hydrogen-bond acceptors (Lipinski definition) is 0. The first-order valence-electron chi connectivity index (χ1n) is 8.52. The number of hydrogen-bond donors (Lipinski definition) is 0. The SMILES string of the molecule is CCCCC1(CCCC)C=CC=C2C1=Cc1ccccc12. The Bertz CT molecular complexity index is 590. The maximum Gasteiger partial charge on any atom is 0.0141 e. The summed E-state index contributed by atoms with van der Waals surface area (Å²) in [5, 5.41) is 0. The average molecular weight is 278 g/mol. The third kappa shape index (κ3) is 2.52. The van der Waals surface area contributed by atoms with Gasteiger partial charge in [0.2, 0.25) is 0 Å². The van der Waals surface area contributed by atoms with Crippen molar-refractivity contribution in [2.75, 3.05) is 0 Å². The molecule has 1 aromatic carbocycles. The van der Waals surface area contributed by atoms with Crippen LogP contribution in [0, 0.1) is 5.41 Å². The molecular formula is C21H26. The molecule has 0 N–H and O–H groups in total. The van der Waals surface area contributed by atoms with Crippen LogP contribution in [0.15, 0.2) is 48.1 Å². The molecule has 0 heterocycles. The van der Waals surface area contributed by atoms with Gasteiger partial charge in [0.25, 0.3) is 0 Å². The maximum absolute atomic E-state index is 2.49. The third-order valence-corrected chi connectivity index (χ3v) is 5.01. The van der Waals surface area contributed by atoms with Crippen molar-refractivity contribution in [3.8, 4) is 0 Å². The van der Waals surface area contributed by atoms with E-state index in [9.17, 15) is 0 Å². The van der Waals surface area contributed by atoms with Gasteiger partial charge in [-0.25, -0.2) is 0 Å². The molecule has 0 bridgehead atoms. The van der Waals surface area contributed by atoms with E-state index in [0.29, 0.717) is 0 Å². The molecule has 0 aromatic heterocycles. The van der Waals surface area contributed by atoms with Gasteiger partial charge < -0.3 is 0 Å². The summed E-state index contributed by atoms with van der Waals surface area (Å²) in [4.78, 5) is 0. The Morgan fingerprint density at radius 3 is 2.38 bits per heavy atom. The van der Waals surface area contributed by atoms with Gasteiger partial charge in [-0.3, -0.25) is 0 Å². The molecule has 0 fully saturated rings. The molecule has 1 aromatic rings. The molecule has 0 nitrogen and oxygen atoms in total. The Morgan fingerprint density at radius 2 is 1.67 bits per heavy atom. The molecular weight excluding hydrogens is 252 g/mol. The van der Waals surface area contributed by atoms with Crippen LogP contribution in [0.2, 0.25) is 0 Å². The Balaban J connectivity index is 2.00. The highest BCUT2D eigenvalue weighted by Crippen LogP contribution is 2.52. The summed E-state index contributed by atoms with van der Waals surface area (Å²) in [5.41, 5.74) is 6.15. The highest BCUT2D eigenvalue weighted by Gasteiger charge is 2.37. The molecule has 0 spiro atoms. The van der Waals surface area contributed by atoms with Gasteiger partial charge in [-0.1, -0.05) is 82.0 Å². The molecule has 0 atom stereocenters. The van der Waals surface area contributed by atoms with Crippen LogP contribution in [-0.2, 0) is 0 Å². The fourth-order valence-corrected chi connectivity index (χ4v) is 3.80. The molecule has 0 saturated carbocycles. The summed E-state index contributed by atoms with van der Waals surface area (Å²) in [5.74, 6) is 0. The number of rotatable bonds is 6. The van der Waals surface area contributed by atoms with E-state index in [1.54, 1.807) is 5.57 Å². The summed E-state index contributed by atoms with van der Waals surface area (Å²) in [6, 6.07) is 8.84. The molecule has 21 heavy (non-hydrogen) atoms. The summed E-state index contributed by atoms with van der Waals surface area (Å²) in [6.07, 6.45) is 17.3. The van der Waals surface area contributed by atoms with Gasteiger partial charge in [-0.2, -0.15) is 0 Å². The normalized spacial score (nSPS) is 18.0. The zero-order chi connectivity index (χ0) is 14.7. The Labute approximate surface area is 129 Å². The van der Waals surface area contributed by atoms with Gasteiger partial charge in [0.15, 0.2) is 0 Å². The molecule has 0 heteroatoms. The number of unbranched alkanes of at least 4 members (excludes halogenated alkanes) is 2. The van der Waals surface area contributed by atoms with Crippen LogP contribution in [0.3, 0.4) is 0 Å². The van der Waals surface area contributed by atoms with E-state index in [0.717, 1.165) is 0 Å². The third-order valence-electron chi connectivity index (χ3n) is 5.01. The van der Waals surface area contributed by atoms with E-state index >= 15 is 0 Å². The Hall–Kier alpha value is -1.56. The lowest BCUT2D eigenvalue weighted by atomic mass is 9.68. The monoisotopic (exact) mass is 278 g/mol. The topological polar surface area (TPSA) is 0 Å². The van der Waals surface area contributed by atoms with Crippen LogP contribution in [0.25, 0.3) is 11.6 Å². The number of fused-ring (bicyclic) bond motifs is 3.